The van der Waals surface area contributed by atoms with Gasteiger partial charge in [-0.1, -0.05) is 18.2 Å². The maximum Gasteiger partial charge on any atom is 0.262 e. The second-order valence-electron chi connectivity index (χ2n) is 6.93. The molecule has 0 aromatic heterocycles. The number of morpholine rings is 1. The second-order valence-corrected chi connectivity index (χ2v) is 8.84. The molecule has 2 aromatic carbocycles. The van der Waals surface area contributed by atoms with Crippen LogP contribution in [0.4, 0.5) is 5.69 Å². The van der Waals surface area contributed by atoms with Gasteiger partial charge in [0.1, 0.15) is 24.2 Å². The number of carbonyl (C=O) groups is 1. The van der Waals surface area contributed by atoms with E-state index in [-0.39, 0.29) is 49.8 Å². The van der Waals surface area contributed by atoms with Crippen molar-refractivity contribution in [3.05, 3.63) is 48.0 Å². The summed E-state index contributed by atoms with van der Waals surface area (Å²) in [5, 5.41) is 2.66. The summed E-state index contributed by atoms with van der Waals surface area (Å²) in [5.41, 5.74) is 0.922. The van der Waals surface area contributed by atoms with Crippen molar-refractivity contribution < 1.29 is 27.4 Å². The van der Waals surface area contributed by atoms with Gasteiger partial charge in [-0.05, 0) is 36.8 Å². The molecule has 1 fully saturated rings. The highest BCUT2D eigenvalue weighted by atomic mass is 32.2. The van der Waals surface area contributed by atoms with E-state index in [0.29, 0.717) is 22.7 Å². The molecule has 8 nitrogen and oxygen atoms in total. The summed E-state index contributed by atoms with van der Waals surface area (Å²) in [7, 11) is -3.77. The molecule has 0 saturated carbocycles. The Morgan fingerprint density at radius 2 is 2.03 bits per heavy atom. The molecule has 29 heavy (non-hydrogen) atoms. The van der Waals surface area contributed by atoms with Gasteiger partial charge in [-0.25, -0.2) is 8.42 Å². The summed E-state index contributed by atoms with van der Waals surface area (Å²) in [6.07, 6.45) is -0.375. The molecule has 1 amide bonds. The Morgan fingerprint density at radius 3 is 2.83 bits per heavy atom. The van der Waals surface area contributed by atoms with Gasteiger partial charge >= 0.3 is 0 Å². The number of anilines is 1. The van der Waals surface area contributed by atoms with Gasteiger partial charge in [0.2, 0.25) is 10.0 Å². The number of ether oxygens (including phenoxy) is 3. The van der Waals surface area contributed by atoms with Gasteiger partial charge < -0.3 is 19.5 Å². The number of fused-ring (bicyclic) bond motifs is 1. The predicted octanol–water partition coefficient (Wildman–Crippen LogP) is 1.79. The molecule has 0 unspecified atom stereocenters. The van der Waals surface area contributed by atoms with Gasteiger partial charge in [0.15, 0.2) is 6.61 Å². The SMILES string of the molecule is Cc1cc2c(cc1S(=O)(=O)N1CCO[C@H](COc3ccccc3)C1)NC(=O)CO2. The van der Waals surface area contributed by atoms with Crippen LogP contribution < -0.4 is 14.8 Å². The number of carbonyl (C=O) groups excluding carboxylic acids is 1. The lowest BCUT2D eigenvalue weighted by molar-refractivity contribution is -0.118. The molecule has 1 saturated heterocycles. The molecule has 154 valence electrons. The first kappa shape index (κ1) is 19.7. The van der Waals surface area contributed by atoms with Crippen molar-refractivity contribution in [2.24, 2.45) is 0 Å². The first-order valence-electron chi connectivity index (χ1n) is 9.30. The van der Waals surface area contributed by atoms with E-state index >= 15 is 0 Å². The smallest absolute Gasteiger partial charge is 0.262 e. The standard InChI is InChI=1S/C20H22N2O6S/c1-14-9-18-17(21-20(23)13-28-18)10-19(14)29(24,25)22-7-8-26-16(11-22)12-27-15-5-3-2-4-6-15/h2-6,9-10,16H,7-8,11-13H2,1H3,(H,21,23)/t16-/m0/s1. The minimum absolute atomic E-state index is 0.0783. The topological polar surface area (TPSA) is 94.2 Å². The van der Waals surface area contributed by atoms with Crippen molar-refractivity contribution in [3.63, 3.8) is 0 Å². The maximum atomic E-state index is 13.3. The van der Waals surface area contributed by atoms with E-state index in [0.717, 1.165) is 0 Å². The van der Waals surface area contributed by atoms with Gasteiger partial charge in [-0.2, -0.15) is 4.31 Å². The molecular formula is C20H22N2O6S. The molecule has 0 bridgehead atoms. The first-order valence-corrected chi connectivity index (χ1v) is 10.7. The van der Waals surface area contributed by atoms with E-state index < -0.39 is 10.0 Å². The fraction of sp³-hybridized carbons (Fsp3) is 0.350. The number of sulfonamides is 1. The molecule has 1 N–H and O–H groups in total. The normalized spacial score (nSPS) is 19.8. The van der Waals surface area contributed by atoms with Crippen molar-refractivity contribution in [3.8, 4) is 11.5 Å². The number of benzene rings is 2. The van der Waals surface area contributed by atoms with Crippen LogP contribution in [-0.4, -0.2) is 57.6 Å². The number of hydrogen-bond donors (Lipinski definition) is 1. The van der Waals surface area contributed by atoms with E-state index in [4.69, 9.17) is 14.2 Å². The largest absolute Gasteiger partial charge is 0.491 e. The zero-order chi connectivity index (χ0) is 20.4. The fourth-order valence-corrected chi connectivity index (χ4v) is 5.03. The van der Waals surface area contributed by atoms with Crippen LogP contribution in [0.25, 0.3) is 0 Å². The average Bonchev–Trinajstić information content (AvgIpc) is 2.73. The van der Waals surface area contributed by atoms with Crippen molar-refractivity contribution in [1.29, 1.82) is 0 Å². The highest BCUT2D eigenvalue weighted by Crippen LogP contribution is 2.34. The summed E-state index contributed by atoms with van der Waals surface area (Å²) in [4.78, 5) is 11.7. The minimum atomic E-state index is -3.77. The third kappa shape index (κ3) is 4.21. The molecule has 1 atom stereocenters. The van der Waals surface area contributed by atoms with E-state index in [1.807, 2.05) is 30.3 Å². The Morgan fingerprint density at radius 1 is 1.24 bits per heavy atom. The molecule has 2 aliphatic rings. The van der Waals surface area contributed by atoms with Crippen molar-refractivity contribution in [1.82, 2.24) is 4.31 Å². The number of para-hydroxylation sites is 1. The van der Waals surface area contributed by atoms with E-state index in [1.165, 1.54) is 10.4 Å². The lowest BCUT2D eigenvalue weighted by Crippen LogP contribution is -2.47. The summed E-state index contributed by atoms with van der Waals surface area (Å²) in [6.45, 7) is 2.61. The van der Waals surface area contributed by atoms with Crippen LogP contribution in [0.2, 0.25) is 0 Å². The zero-order valence-electron chi connectivity index (χ0n) is 16.0. The van der Waals surface area contributed by atoms with Gasteiger partial charge in [-0.3, -0.25) is 4.79 Å². The average molecular weight is 418 g/mol. The van der Waals surface area contributed by atoms with Crippen molar-refractivity contribution in [2.75, 3.05) is 38.2 Å². The van der Waals surface area contributed by atoms with Gasteiger partial charge in [-0.15, -0.1) is 0 Å². The molecule has 0 aliphatic carbocycles. The molecule has 0 radical (unpaired) electrons. The number of nitrogens with one attached hydrogen (secondary N) is 1. The van der Waals surface area contributed by atoms with Gasteiger partial charge in [0.25, 0.3) is 5.91 Å². The van der Waals surface area contributed by atoms with Crippen LogP contribution in [0, 0.1) is 6.92 Å². The van der Waals surface area contributed by atoms with Crippen LogP contribution in [0.1, 0.15) is 5.56 Å². The maximum absolute atomic E-state index is 13.3. The number of rotatable bonds is 5. The highest BCUT2D eigenvalue weighted by molar-refractivity contribution is 7.89. The van der Waals surface area contributed by atoms with Crippen LogP contribution in [-0.2, 0) is 19.6 Å². The number of aryl methyl sites for hydroxylation is 1. The number of nitrogens with zero attached hydrogens (tertiary/aromatic N) is 1. The lowest BCUT2D eigenvalue weighted by Gasteiger charge is -2.32. The van der Waals surface area contributed by atoms with Crippen LogP contribution in [0.5, 0.6) is 11.5 Å². The molecule has 2 aromatic rings. The van der Waals surface area contributed by atoms with E-state index in [1.54, 1.807) is 13.0 Å². The van der Waals surface area contributed by atoms with E-state index in [2.05, 4.69) is 5.32 Å². The fourth-order valence-electron chi connectivity index (χ4n) is 3.34. The molecule has 2 aliphatic heterocycles. The summed E-state index contributed by atoms with van der Waals surface area (Å²) in [5.74, 6) is 0.865. The van der Waals surface area contributed by atoms with Crippen LogP contribution >= 0.6 is 0 Å². The Balaban J connectivity index is 1.51. The van der Waals surface area contributed by atoms with E-state index in [9.17, 15) is 13.2 Å². The monoisotopic (exact) mass is 418 g/mol. The molecule has 9 heteroatoms. The molecular weight excluding hydrogens is 396 g/mol. The quantitative estimate of drug-likeness (QED) is 0.796. The van der Waals surface area contributed by atoms with Crippen LogP contribution in [0.15, 0.2) is 47.4 Å². The number of hydrogen-bond acceptors (Lipinski definition) is 6. The van der Waals surface area contributed by atoms with Crippen molar-refractivity contribution in [2.45, 2.75) is 17.9 Å². The third-order valence-electron chi connectivity index (χ3n) is 4.81. The highest BCUT2D eigenvalue weighted by Gasteiger charge is 2.33. The zero-order valence-corrected chi connectivity index (χ0v) is 16.8. The van der Waals surface area contributed by atoms with Gasteiger partial charge in [0.05, 0.1) is 17.2 Å². The summed E-state index contributed by atoms with van der Waals surface area (Å²) < 4.78 is 44.7. The third-order valence-corrected chi connectivity index (χ3v) is 6.82. The summed E-state index contributed by atoms with van der Waals surface area (Å²) in [6, 6.07) is 12.4. The first-order chi connectivity index (χ1) is 13.9. The number of amides is 1. The second kappa shape index (κ2) is 8.02. The Kier molecular flexibility index (Phi) is 5.44. The Bertz CT molecular complexity index is 1010. The Labute approximate surface area is 169 Å². The molecule has 4 rings (SSSR count). The predicted molar refractivity (Wildman–Crippen MR) is 106 cm³/mol. The molecule has 0 spiro atoms. The summed E-state index contributed by atoms with van der Waals surface area (Å²) >= 11 is 0. The minimum Gasteiger partial charge on any atom is -0.491 e. The Hall–Kier alpha value is -2.62. The van der Waals surface area contributed by atoms with Crippen molar-refractivity contribution >= 4 is 21.6 Å². The van der Waals surface area contributed by atoms with Crippen LogP contribution in [0.3, 0.4) is 0 Å². The lowest BCUT2D eigenvalue weighted by atomic mass is 10.2. The molecule has 2 heterocycles. The van der Waals surface area contributed by atoms with Gasteiger partial charge in [0, 0.05) is 13.1 Å².